The molecule has 17 heavy (non-hydrogen) atoms. The molecule has 92 valence electrons. The summed E-state index contributed by atoms with van der Waals surface area (Å²) in [7, 11) is 1.49. The van der Waals surface area contributed by atoms with Gasteiger partial charge in [-0.25, -0.2) is 0 Å². The number of aliphatic carboxylic acids is 1. The van der Waals surface area contributed by atoms with Gasteiger partial charge in [0.05, 0.1) is 12.7 Å². The van der Waals surface area contributed by atoms with Crippen LogP contribution in [-0.4, -0.2) is 30.1 Å². The lowest BCUT2D eigenvalue weighted by atomic mass is 10.2. The standard InChI is InChI=1S/C11H12BrNO4/c1-6(11(15)16)13-10(14)8-5-7(17-2)3-4-9(8)12/h3-6H,1-2H3,(H,13,14)(H,15,16)/t6-/m0/s1. The van der Waals surface area contributed by atoms with Gasteiger partial charge in [0.25, 0.3) is 5.91 Å². The second-order valence-corrected chi connectivity index (χ2v) is 4.23. The number of rotatable bonds is 4. The average Bonchev–Trinajstić information content (AvgIpc) is 2.29. The van der Waals surface area contributed by atoms with Crippen molar-refractivity contribution in [3.05, 3.63) is 28.2 Å². The second-order valence-electron chi connectivity index (χ2n) is 3.38. The van der Waals surface area contributed by atoms with E-state index in [1.54, 1.807) is 12.1 Å². The summed E-state index contributed by atoms with van der Waals surface area (Å²) >= 11 is 3.22. The smallest absolute Gasteiger partial charge is 0.325 e. The third-order valence-corrected chi connectivity index (χ3v) is 2.83. The van der Waals surface area contributed by atoms with Crippen molar-refractivity contribution in [1.82, 2.24) is 5.32 Å². The predicted molar refractivity (Wildman–Crippen MR) is 65.3 cm³/mol. The van der Waals surface area contributed by atoms with Gasteiger partial charge in [0.2, 0.25) is 0 Å². The molecule has 0 aromatic heterocycles. The maximum Gasteiger partial charge on any atom is 0.325 e. The van der Waals surface area contributed by atoms with Gasteiger partial charge in [-0.05, 0) is 41.1 Å². The molecule has 0 aliphatic carbocycles. The van der Waals surface area contributed by atoms with Crippen LogP contribution in [0, 0.1) is 0 Å². The molecule has 6 heteroatoms. The molecule has 0 unspecified atom stereocenters. The summed E-state index contributed by atoms with van der Waals surface area (Å²) in [6.45, 7) is 1.40. The fraction of sp³-hybridized carbons (Fsp3) is 0.273. The Morgan fingerprint density at radius 1 is 1.47 bits per heavy atom. The number of halogens is 1. The number of hydrogen-bond donors (Lipinski definition) is 2. The summed E-state index contributed by atoms with van der Waals surface area (Å²) in [5.74, 6) is -1.02. The van der Waals surface area contributed by atoms with E-state index in [2.05, 4.69) is 21.2 Å². The highest BCUT2D eigenvalue weighted by atomic mass is 79.9. The minimum absolute atomic E-state index is 0.331. The monoisotopic (exact) mass is 301 g/mol. The van der Waals surface area contributed by atoms with Gasteiger partial charge < -0.3 is 15.2 Å². The summed E-state index contributed by atoms with van der Waals surface area (Å²) in [5, 5.41) is 11.1. The first-order valence-electron chi connectivity index (χ1n) is 4.83. The van der Waals surface area contributed by atoms with Gasteiger partial charge in [-0.1, -0.05) is 0 Å². The van der Waals surface area contributed by atoms with E-state index in [4.69, 9.17) is 9.84 Å². The molecule has 0 fully saturated rings. The minimum Gasteiger partial charge on any atom is -0.497 e. The molecule has 0 saturated carbocycles. The van der Waals surface area contributed by atoms with Crippen molar-refractivity contribution in [2.75, 3.05) is 7.11 Å². The Morgan fingerprint density at radius 3 is 2.65 bits per heavy atom. The fourth-order valence-electron chi connectivity index (χ4n) is 1.14. The molecule has 1 atom stereocenters. The molecule has 0 aliphatic rings. The largest absolute Gasteiger partial charge is 0.497 e. The van der Waals surface area contributed by atoms with Crippen LogP contribution in [0.25, 0.3) is 0 Å². The highest BCUT2D eigenvalue weighted by Crippen LogP contribution is 2.22. The first-order chi connectivity index (χ1) is 7.95. The van der Waals surface area contributed by atoms with Crippen LogP contribution in [0.2, 0.25) is 0 Å². The maximum atomic E-state index is 11.8. The summed E-state index contributed by atoms with van der Waals surface area (Å²) in [4.78, 5) is 22.4. The lowest BCUT2D eigenvalue weighted by Gasteiger charge is -2.11. The predicted octanol–water partition coefficient (Wildman–Crippen LogP) is 1.66. The Bertz CT molecular complexity index is 447. The maximum absolute atomic E-state index is 11.8. The van der Waals surface area contributed by atoms with Gasteiger partial charge in [-0.3, -0.25) is 9.59 Å². The number of methoxy groups -OCH3 is 1. The summed E-state index contributed by atoms with van der Waals surface area (Å²) < 4.78 is 5.57. The number of carboxylic acids is 1. The third kappa shape index (κ3) is 3.45. The van der Waals surface area contributed by atoms with Gasteiger partial charge in [-0.15, -0.1) is 0 Å². The number of carbonyl (C=O) groups excluding carboxylic acids is 1. The molecule has 1 aromatic carbocycles. The van der Waals surface area contributed by atoms with Crippen molar-refractivity contribution in [3.63, 3.8) is 0 Å². The molecule has 0 heterocycles. The quantitative estimate of drug-likeness (QED) is 0.887. The lowest BCUT2D eigenvalue weighted by Crippen LogP contribution is -2.38. The number of benzene rings is 1. The summed E-state index contributed by atoms with van der Waals surface area (Å²) in [5.41, 5.74) is 0.331. The first-order valence-corrected chi connectivity index (χ1v) is 5.62. The topological polar surface area (TPSA) is 75.6 Å². The average molecular weight is 302 g/mol. The lowest BCUT2D eigenvalue weighted by molar-refractivity contribution is -0.138. The number of ether oxygens (including phenoxy) is 1. The molecule has 5 nitrogen and oxygen atoms in total. The molecule has 0 spiro atoms. The van der Waals surface area contributed by atoms with E-state index in [1.165, 1.54) is 20.1 Å². The van der Waals surface area contributed by atoms with Gasteiger partial charge in [0.15, 0.2) is 0 Å². The highest BCUT2D eigenvalue weighted by Gasteiger charge is 2.17. The molecule has 0 bridgehead atoms. The van der Waals surface area contributed by atoms with E-state index < -0.39 is 17.9 Å². The zero-order valence-electron chi connectivity index (χ0n) is 9.36. The van der Waals surface area contributed by atoms with Gasteiger partial charge in [0, 0.05) is 4.47 Å². The molecule has 0 aliphatic heterocycles. The van der Waals surface area contributed by atoms with Crippen LogP contribution >= 0.6 is 15.9 Å². The van der Waals surface area contributed by atoms with Crippen LogP contribution in [0.3, 0.4) is 0 Å². The normalized spacial score (nSPS) is 11.7. The molecule has 1 rings (SSSR count). The van der Waals surface area contributed by atoms with E-state index in [-0.39, 0.29) is 0 Å². The molecule has 1 aromatic rings. The fourth-order valence-corrected chi connectivity index (χ4v) is 1.57. The van der Waals surface area contributed by atoms with Crippen molar-refractivity contribution in [2.24, 2.45) is 0 Å². The molecule has 1 amide bonds. The zero-order chi connectivity index (χ0) is 13.0. The molecular weight excluding hydrogens is 290 g/mol. The van der Waals surface area contributed by atoms with Crippen molar-refractivity contribution in [1.29, 1.82) is 0 Å². The Hall–Kier alpha value is -1.56. The SMILES string of the molecule is COc1ccc(Br)c(C(=O)N[C@@H](C)C(=O)O)c1. The van der Waals surface area contributed by atoms with E-state index in [9.17, 15) is 9.59 Å². The minimum atomic E-state index is -1.09. The number of amides is 1. The second kappa shape index (κ2) is 5.67. The van der Waals surface area contributed by atoms with Crippen molar-refractivity contribution < 1.29 is 19.4 Å². The zero-order valence-corrected chi connectivity index (χ0v) is 10.9. The molecule has 0 radical (unpaired) electrons. The third-order valence-electron chi connectivity index (χ3n) is 2.14. The number of hydrogen-bond acceptors (Lipinski definition) is 3. The summed E-state index contributed by atoms with van der Waals surface area (Å²) in [6, 6.07) is 3.95. The van der Waals surface area contributed by atoms with Crippen LogP contribution in [0.4, 0.5) is 0 Å². The Morgan fingerprint density at radius 2 is 2.12 bits per heavy atom. The molecule has 2 N–H and O–H groups in total. The van der Waals surface area contributed by atoms with Crippen LogP contribution in [-0.2, 0) is 4.79 Å². The van der Waals surface area contributed by atoms with Crippen molar-refractivity contribution in [3.8, 4) is 5.75 Å². The van der Waals surface area contributed by atoms with Crippen LogP contribution < -0.4 is 10.1 Å². The van der Waals surface area contributed by atoms with Gasteiger partial charge in [0.1, 0.15) is 11.8 Å². The number of carbonyl (C=O) groups is 2. The molecular formula is C11H12BrNO4. The summed E-state index contributed by atoms with van der Waals surface area (Å²) in [6.07, 6.45) is 0. The van der Waals surface area contributed by atoms with Crippen LogP contribution in [0.1, 0.15) is 17.3 Å². The number of carboxylic acid groups (broad SMARTS) is 1. The molecule has 0 saturated heterocycles. The first kappa shape index (κ1) is 13.5. The Kier molecular flexibility index (Phi) is 4.51. The van der Waals surface area contributed by atoms with E-state index in [0.717, 1.165) is 0 Å². The van der Waals surface area contributed by atoms with E-state index in [0.29, 0.717) is 15.8 Å². The van der Waals surface area contributed by atoms with Gasteiger partial charge in [-0.2, -0.15) is 0 Å². The van der Waals surface area contributed by atoms with E-state index >= 15 is 0 Å². The highest BCUT2D eigenvalue weighted by molar-refractivity contribution is 9.10. The van der Waals surface area contributed by atoms with Crippen LogP contribution in [0.15, 0.2) is 22.7 Å². The Labute approximate surface area is 107 Å². The van der Waals surface area contributed by atoms with Crippen molar-refractivity contribution in [2.45, 2.75) is 13.0 Å². The van der Waals surface area contributed by atoms with Crippen molar-refractivity contribution >= 4 is 27.8 Å². The number of nitrogens with one attached hydrogen (secondary N) is 1. The Balaban J connectivity index is 2.91. The van der Waals surface area contributed by atoms with Gasteiger partial charge >= 0.3 is 5.97 Å². The van der Waals surface area contributed by atoms with E-state index in [1.807, 2.05) is 0 Å². The van der Waals surface area contributed by atoms with Crippen LogP contribution in [0.5, 0.6) is 5.75 Å².